The van der Waals surface area contributed by atoms with Crippen molar-refractivity contribution in [3.8, 4) is 73.6 Å². The Labute approximate surface area is 347 Å². The van der Waals surface area contributed by atoms with E-state index in [0.29, 0.717) is 23.0 Å². The van der Waals surface area contributed by atoms with Gasteiger partial charge in [-0.1, -0.05) is 164 Å². The molecule has 0 saturated carbocycles. The number of hydrogen-bond donors (Lipinski definition) is 0. The molecule has 1 aromatic heterocycles. The van der Waals surface area contributed by atoms with Crippen molar-refractivity contribution >= 4 is 43.1 Å². The molecule has 0 atom stereocenters. The predicted octanol–water partition coefficient (Wildman–Crippen LogP) is 14.4. The van der Waals surface area contributed by atoms with Gasteiger partial charge >= 0.3 is 0 Å². The number of nitrogens with zero attached hydrogens (tertiary/aromatic N) is 4. The van der Waals surface area contributed by atoms with Crippen molar-refractivity contribution in [1.82, 2.24) is 15.0 Å². The Balaban J connectivity index is 0.990. The van der Waals surface area contributed by atoms with E-state index < -0.39 is 0 Å². The van der Waals surface area contributed by atoms with Crippen molar-refractivity contribution in [3.63, 3.8) is 0 Å². The van der Waals surface area contributed by atoms with E-state index in [4.69, 9.17) is 15.0 Å². The van der Waals surface area contributed by atoms with Crippen molar-refractivity contribution in [3.05, 3.63) is 212 Å². The highest BCUT2D eigenvalue weighted by Gasteiger charge is 2.16. The first-order chi connectivity index (χ1) is 29.7. The smallest absolute Gasteiger partial charge is 0.164 e. The molecular weight excluding hydrogens is 729 g/mol. The minimum absolute atomic E-state index is 0.635. The fourth-order valence-corrected chi connectivity index (χ4v) is 8.52. The summed E-state index contributed by atoms with van der Waals surface area (Å²) in [6.45, 7) is 0. The number of nitriles is 1. The molecule has 0 saturated heterocycles. The Kier molecular flexibility index (Phi) is 8.50. The Morgan fingerprint density at radius 3 is 1.27 bits per heavy atom. The molecule has 0 aliphatic rings. The number of benzene rings is 10. The van der Waals surface area contributed by atoms with E-state index in [1.807, 2.05) is 72.8 Å². The molecule has 0 spiro atoms. The molecule has 0 N–H and O–H groups in total. The van der Waals surface area contributed by atoms with Crippen LogP contribution in [-0.2, 0) is 0 Å². The van der Waals surface area contributed by atoms with Crippen LogP contribution in [0.3, 0.4) is 0 Å². The largest absolute Gasteiger partial charge is 0.208 e. The van der Waals surface area contributed by atoms with Crippen molar-refractivity contribution in [2.45, 2.75) is 0 Å². The summed E-state index contributed by atoms with van der Waals surface area (Å²) in [5, 5.41) is 19.0. The minimum Gasteiger partial charge on any atom is -0.208 e. The van der Waals surface area contributed by atoms with E-state index in [1.165, 1.54) is 54.2 Å². The standard InChI is InChI=1S/C56H34N4/c57-35-36-22-24-37(25-23-36)50-33-52-49-21-10-8-19-47(49)51(34-53(52)48-20-9-7-18-46(48)50)44-29-28-42-30-41(26-27-43(42)31-44)40-16-11-17-45(32-40)56-59-54(38-12-3-1-4-13-38)58-55(60-56)39-14-5-2-6-15-39/h1-34H. The van der Waals surface area contributed by atoms with E-state index >= 15 is 0 Å². The van der Waals surface area contributed by atoms with E-state index in [2.05, 4.69) is 140 Å². The lowest BCUT2D eigenvalue weighted by Gasteiger charge is -2.16. The van der Waals surface area contributed by atoms with Gasteiger partial charge in [-0.15, -0.1) is 0 Å². The molecular formula is C56H34N4. The maximum Gasteiger partial charge on any atom is 0.164 e. The van der Waals surface area contributed by atoms with Gasteiger partial charge in [0.1, 0.15) is 0 Å². The number of hydrogen-bond acceptors (Lipinski definition) is 4. The zero-order chi connectivity index (χ0) is 40.0. The third-order valence-electron chi connectivity index (χ3n) is 11.5. The first-order valence-electron chi connectivity index (χ1n) is 20.1. The molecule has 60 heavy (non-hydrogen) atoms. The monoisotopic (exact) mass is 762 g/mol. The zero-order valence-corrected chi connectivity index (χ0v) is 32.4. The summed E-state index contributed by atoms with van der Waals surface area (Å²) in [5.74, 6) is 1.93. The second-order valence-electron chi connectivity index (χ2n) is 15.1. The molecule has 11 aromatic rings. The molecule has 10 aromatic carbocycles. The third kappa shape index (κ3) is 6.23. The maximum absolute atomic E-state index is 9.43. The van der Waals surface area contributed by atoms with E-state index in [0.717, 1.165) is 38.9 Å². The van der Waals surface area contributed by atoms with Gasteiger partial charge in [0.25, 0.3) is 0 Å². The molecule has 0 aliphatic carbocycles. The summed E-state index contributed by atoms with van der Waals surface area (Å²) >= 11 is 0. The van der Waals surface area contributed by atoms with Crippen LogP contribution in [-0.4, -0.2) is 15.0 Å². The highest BCUT2D eigenvalue weighted by atomic mass is 15.0. The Morgan fingerprint density at radius 2 is 0.700 bits per heavy atom. The zero-order valence-electron chi connectivity index (χ0n) is 32.4. The Bertz CT molecular complexity index is 3420. The van der Waals surface area contributed by atoms with Gasteiger partial charge in [0.15, 0.2) is 17.5 Å². The molecule has 0 bridgehead atoms. The van der Waals surface area contributed by atoms with Crippen molar-refractivity contribution in [1.29, 1.82) is 5.26 Å². The van der Waals surface area contributed by atoms with Crippen LogP contribution in [0.25, 0.3) is 111 Å². The van der Waals surface area contributed by atoms with E-state index in [-0.39, 0.29) is 0 Å². The second kappa shape index (κ2) is 14.6. The second-order valence-corrected chi connectivity index (χ2v) is 15.1. The van der Waals surface area contributed by atoms with Crippen LogP contribution in [0, 0.1) is 11.3 Å². The summed E-state index contributed by atoms with van der Waals surface area (Å²) in [4.78, 5) is 14.8. The van der Waals surface area contributed by atoms with Gasteiger partial charge in [0.05, 0.1) is 11.6 Å². The first-order valence-corrected chi connectivity index (χ1v) is 20.1. The molecule has 278 valence electrons. The van der Waals surface area contributed by atoms with Crippen LogP contribution >= 0.6 is 0 Å². The van der Waals surface area contributed by atoms with Crippen LogP contribution in [0.4, 0.5) is 0 Å². The summed E-state index contributed by atoms with van der Waals surface area (Å²) in [6.07, 6.45) is 0. The fraction of sp³-hybridized carbons (Fsp3) is 0. The van der Waals surface area contributed by atoms with Gasteiger partial charge in [0.2, 0.25) is 0 Å². The van der Waals surface area contributed by atoms with Crippen LogP contribution in [0.5, 0.6) is 0 Å². The van der Waals surface area contributed by atoms with E-state index in [9.17, 15) is 5.26 Å². The van der Waals surface area contributed by atoms with Crippen molar-refractivity contribution < 1.29 is 0 Å². The topological polar surface area (TPSA) is 62.5 Å². The normalized spacial score (nSPS) is 11.3. The fourth-order valence-electron chi connectivity index (χ4n) is 8.52. The number of fused-ring (bicyclic) bond motifs is 6. The highest BCUT2D eigenvalue weighted by molar-refractivity contribution is 6.24. The molecule has 1 heterocycles. The third-order valence-corrected chi connectivity index (χ3v) is 11.5. The minimum atomic E-state index is 0.635. The average Bonchev–Trinajstić information content (AvgIpc) is 3.33. The molecule has 0 fully saturated rings. The molecule has 4 nitrogen and oxygen atoms in total. The van der Waals surface area contributed by atoms with Crippen LogP contribution in [0.2, 0.25) is 0 Å². The lowest BCUT2D eigenvalue weighted by atomic mass is 9.87. The maximum atomic E-state index is 9.43. The Morgan fingerprint density at radius 1 is 0.283 bits per heavy atom. The lowest BCUT2D eigenvalue weighted by Crippen LogP contribution is -2.00. The Hall–Kier alpha value is -8.26. The molecule has 0 radical (unpaired) electrons. The van der Waals surface area contributed by atoms with Gasteiger partial charge in [-0.3, -0.25) is 0 Å². The number of rotatable bonds is 6. The van der Waals surface area contributed by atoms with E-state index in [1.54, 1.807) is 0 Å². The van der Waals surface area contributed by atoms with Gasteiger partial charge < -0.3 is 0 Å². The number of aromatic nitrogens is 3. The van der Waals surface area contributed by atoms with Crippen LogP contribution in [0.1, 0.15) is 5.56 Å². The van der Waals surface area contributed by atoms with Crippen LogP contribution < -0.4 is 0 Å². The summed E-state index contributed by atoms with van der Waals surface area (Å²) in [5.41, 5.74) is 10.3. The summed E-state index contributed by atoms with van der Waals surface area (Å²) < 4.78 is 0. The van der Waals surface area contributed by atoms with Gasteiger partial charge in [-0.05, 0) is 119 Å². The molecule has 0 amide bonds. The van der Waals surface area contributed by atoms with Crippen molar-refractivity contribution in [2.24, 2.45) is 0 Å². The molecule has 11 rings (SSSR count). The van der Waals surface area contributed by atoms with Crippen molar-refractivity contribution in [2.75, 3.05) is 0 Å². The van der Waals surface area contributed by atoms with Gasteiger partial charge in [-0.2, -0.15) is 5.26 Å². The lowest BCUT2D eigenvalue weighted by molar-refractivity contribution is 1.07. The predicted molar refractivity (Wildman–Crippen MR) is 247 cm³/mol. The molecule has 4 heteroatoms. The summed E-state index contributed by atoms with van der Waals surface area (Å²) in [7, 11) is 0. The quantitative estimate of drug-likeness (QED) is 0.158. The first kappa shape index (κ1) is 34.9. The van der Waals surface area contributed by atoms with Gasteiger partial charge in [-0.25, -0.2) is 15.0 Å². The average molecular weight is 763 g/mol. The summed E-state index contributed by atoms with van der Waals surface area (Å²) in [6, 6.07) is 74.4. The molecule has 0 aliphatic heterocycles. The highest BCUT2D eigenvalue weighted by Crippen LogP contribution is 2.42. The SMILES string of the molecule is N#Cc1ccc(-c2cc3c4ccccc4c(-c4ccc5cc(-c6cccc(-c7nc(-c8ccccc8)nc(-c8ccccc8)n7)c6)ccc5c4)cc3c3ccccc23)cc1. The molecule has 0 unspecified atom stereocenters. The van der Waals surface area contributed by atoms with Gasteiger partial charge in [0, 0.05) is 16.7 Å². The van der Waals surface area contributed by atoms with Crippen LogP contribution in [0.15, 0.2) is 206 Å².